The molecule has 0 saturated heterocycles. The predicted octanol–water partition coefficient (Wildman–Crippen LogP) is 1.00. The summed E-state index contributed by atoms with van der Waals surface area (Å²) in [6, 6.07) is 16.9. The second-order valence-corrected chi connectivity index (χ2v) is 6.29. The minimum absolute atomic E-state index is 0. The van der Waals surface area contributed by atoms with Crippen molar-refractivity contribution in [3.05, 3.63) is 67.3 Å². The normalized spacial score (nSPS) is 11.3. The van der Waals surface area contributed by atoms with Crippen molar-refractivity contribution in [2.24, 2.45) is 0 Å². The topological polar surface area (TPSA) is 43.4 Å². The van der Waals surface area contributed by atoms with Crippen molar-refractivity contribution >= 4 is 31.7 Å². The second kappa shape index (κ2) is 6.94. The predicted molar refractivity (Wildman–Crippen MR) is 85.9 cm³/mol. The van der Waals surface area contributed by atoms with E-state index in [1.54, 1.807) is 12.1 Å². The first-order valence-electron chi connectivity index (χ1n) is 6.54. The van der Waals surface area contributed by atoms with E-state index in [9.17, 15) is 8.42 Å². The Hall–Kier alpha value is -1.17. The van der Waals surface area contributed by atoms with E-state index in [1.807, 2.05) is 42.5 Å². The molecule has 3 nitrogen and oxygen atoms in total. The van der Waals surface area contributed by atoms with Gasteiger partial charge in [-0.3, -0.25) is 4.18 Å². The Morgan fingerprint density at radius 1 is 1.00 bits per heavy atom. The smallest absolute Gasteiger partial charge is 1.00 e. The summed E-state index contributed by atoms with van der Waals surface area (Å²) >= 11 is 0. The van der Waals surface area contributed by atoms with Crippen LogP contribution in [0.5, 0.6) is 0 Å². The molecule has 0 heterocycles. The van der Waals surface area contributed by atoms with Gasteiger partial charge < -0.3 is 1.43 Å². The van der Waals surface area contributed by atoms with E-state index in [1.165, 1.54) is 6.08 Å². The summed E-state index contributed by atoms with van der Waals surface area (Å²) in [7, 11) is -3.79. The molecule has 0 aromatic heterocycles. The number of hydrogen-bond donors (Lipinski definition) is 0. The Labute approximate surface area is 153 Å². The van der Waals surface area contributed by atoms with Gasteiger partial charge in [0.15, 0.2) is 0 Å². The first-order valence-corrected chi connectivity index (χ1v) is 7.94. The third-order valence-electron chi connectivity index (χ3n) is 3.32. The number of hydrogen-bond acceptors (Lipinski definition) is 3. The van der Waals surface area contributed by atoms with Crippen LogP contribution in [0.4, 0.5) is 0 Å². The fourth-order valence-electron chi connectivity index (χ4n) is 2.36. The molecular formula is C17H15NaO3S. The molecule has 0 atom stereocenters. The van der Waals surface area contributed by atoms with Gasteiger partial charge in [0.2, 0.25) is 0 Å². The molecule has 108 valence electrons. The number of rotatable bonds is 4. The Bertz CT molecular complexity index is 939. The second-order valence-electron chi connectivity index (χ2n) is 4.70. The van der Waals surface area contributed by atoms with Crippen molar-refractivity contribution in [3.63, 3.8) is 0 Å². The summed E-state index contributed by atoms with van der Waals surface area (Å²) in [5.41, 5.74) is 0. The van der Waals surface area contributed by atoms with Gasteiger partial charge in [0, 0.05) is 5.39 Å². The van der Waals surface area contributed by atoms with Crippen molar-refractivity contribution < 1.29 is 43.6 Å². The summed E-state index contributed by atoms with van der Waals surface area (Å²) in [5, 5.41) is 3.61. The van der Waals surface area contributed by atoms with Crippen molar-refractivity contribution in [3.8, 4) is 0 Å². The van der Waals surface area contributed by atoms with E-state index in [2.05, 4.69) is 6.58 Å². The molecule has 0 aliphatic carbocycles. The van der Waals surface area contributed by atoms with Crippen LogP contribution in [-0.4, -0.2) is 15.0 Å². The molecule has 0 saturated carbocycles. The molecule has 0 amide bonds. The van der Waals surface area contributed by atoms with Crippen LogP contribution in [0.3, 0.4) is 0 Å². The third kappa shape index (κ3) is 3.26. The van der Waals surface area contributed by atoms with Crippen LogP contribution in [0.15, 0.2) is 72.1 Å². The van der Waals surface area contributed by atoms with Gasteiger partial charge in [0.05, 0.1) is 6.61 Å². The molecule has 0 N–H and O–H groups in total. The van der Waals surface area contributed by atoms with Crippen LogP contribution in [0.25, 0.3) is 21.5 Å². The maximum atomic E-state index is 12.3. The van der Waals surface area contributed by atoms with Gasteiger partial charge in [-0.1, -0.05) is 42.5 Å². The minimum atomic E-state index is -3.79. The van der Waals surface area contributed by atoms with Crippen LogP contribution in [0.2, 0.25) is 0 Å². The monoisotopic (exact) mass is 322 g/mol. The van der Waals surface area contributed by atoms with Crippen LogP contribution >= 0.6 is 0 Å². The zero-order valence-corrected chi connectivity index (χ0v) is 15.1. The summed E-state index contributed by atoms with van der Waals surface area (Å²) in [4.78, 5) is 0.188. The number of fused-ring (bicyclic) bond motifs is 2. The first kappa shape index (κ1) is 17.2. The van der Waals surface area contributed by atoms with Crippen molar-refractivity contribution in [2.75, 3.05) is 6.61 Å². The summed E-state index contributed by atoms with van der Waals surface area (Å²) in [6.07, 6.45) is 1.41. The largest absolute Gasteiger partial charge is 1.00 e. The van der Waals surface area contributed by atoms with E-state index >= 15 is 0 Å². The molecule has 3 rings (SSSR count). The van der Waals surface area contributed by atoms with E-state index < -0.39 is 10.1 Å². The average molecular weight is 322 g/mol. The maximum Gasteiger partial charge on any atom is 1.00 e. The molecule has 3 aromatic carbocycles. The van der Waals surface area contributed by atoms with E-state index in [0.717, 1.165) is 16.2 Å². The van der Waals surface area contributed by atoms with Gasteiger partial charge in [-0.2, -0.15) is 8.42 Å². The van der Waals surface area contributed by atoms with Crippen LogP contribution in [-0.2, 0) is 14.3 Å². The quantitative estimate of drug-likeness (QED) is 0.311. The molecule has 0 aliphatic heterocycles. The van der Waals surface area contributed by atoms with Gasteiger partial charge in [0.1, 0.15) is 4.90 Å². The SMILES string of the molecule is C=CCOS(=O)(=O)c1cccc2cc3ccccc3cc12.[H-].[Na+]. The van der Waals surface area contributed by atoms with Gasteiger partial charge in [-0.25, -0.2) is 0 Å². The van der Waals surface area contributed by atoms with E-state index in [0.29, 0.717) is 5.39 Å². The zero-order valence-electron chi connectivity index (χ0n) is 13.3. The fraction of sp³-hybridized carbons (Fsp3) is 0.0588. The molecule has 0 bridgehead atoms. The van der Waals surface area contributed by atoms with Crippen LogP contribution in [0, 0.1) is 0 Å². The van der Waals surface area contributed by atoms with Crippen LogP contribution < -0.4 is 29.6 Å². The first-order chi connectivity index (χ1) is 10.1. The molecule has 0 unspecified atom stereocenters. The maximum absolute atomic E-state index is 12.3. The van der Waals surface area contributed by atoms with Gasteiger partial charge in [-0.15, -0.1) is 6.58 Å². The molecule has 0 spiro atoms. The van der Waals surface area contributed by atoms with E-state index in [-0.39, 0.29) is 42.5 Å². The average Bonchev–Trinajstić information content (AvgIpc) is 2.50. The summed E-state index contributed by atoms with van der Waals surface area (Å²) in [5.74, 6) is 0. The molecule has 5 heteroatoms. The third-order valence-corrected chi connectivity index (χ3v) is 4.66. The Balaban J connectivity index is 0.00000132. The zero-order chi connectivity index (χ0) is 14.9. The van der Waals surface area contributed by atoms with Crippen molar-refractivity contribution in [1.29, 1.82) is 0 Å². The fourth-order valence-corrected chi connectivity index (χ4v) is 3.45. The minimum Gasteiger partial charge on any atom is -1.00 e. The molecule has 3 aromatic rings. The Morgan fingerprint density at radius 2 is 1.64 bits per heavy atom. The summed E-state index contributed by atoms with van der Waals surface area (Å²) < 4.78 is 29.5. The molecule has 0 aliphatic rings. The van der Waals surface area contributed by atoms with Gasteiger partial charge >= 0.3 is 29.6 Å². The molecule has 0 radical (unpaired) electrons. The molecule has 0 fully saturated rings. The van der Waals surface area contributed by atoms with Crippen molar-refractivity contribution in [1.82, 2.24) is 0 Å². The molecular weight excluding hydrogens is 307 g/mol. The standard InChI is InChI=1S/C17H14O3S.Na.H/c1-2-10-20-21(18,19)17-9-5-8-15-11-13-6-3-4-7-14(13)12-16(15)17;;/h2-9,11-12H,1,10H2;;/q;+1;-1. The van der Waals surface area contributed by atoms with Gasteiger partial charge in [-0.05, 0) is 34.4 Å². The van der Waals surface area contributed by atoms with E-state index in [4.69, 9.17) is 4.18 Å². The van der Waals surface area contributed by atoms with Crippen molar-refractivity contribution in [2.45, 2.75) is 4.90 Å². The number of benzene rings is 3. The Kier molecular flexibility index (Phi) is 5.42. The molecule has 22 heavy (non-hydrogen) atoms. The Morgan fingerprint density at radius 3 is 2.32 bits per heavy atom. The van der Waals surface area contributed by atoms with Crippen LogP contribution in [0.1, 0.15) is 1.43 Å². The summed E-state index contributed by atoms with van der Waals surface area (Å²) in [6.45, 7) is 3.44. The van der Waals surface area contributed by atoms with Gasteiger partial charge in [0.25, 0.3) is 10.1 Å².